The van der Waals surface area contributed by atoms with Crippen molar-refractivity contribution in [3.05, 3.63) is 308 Å². The average molecular weight is 1950 g/mol. The number of piperazine rings is 2. The second kappa shape index (κ2) is 44.4. The van der Waals surface area contributed by atoms with Crippen LogP contribution < -0.4 is 40.2 Å². The number of ether oxygens (including phenoxy) is 4. The first-order valence-corrected chi connectivity index (χ1v) is 50.1. The van der Waals surface area contributed by atoms with Crippen molar-refractivity contribution in [1.82, 2.24) is 70.3 Å². The van der Waals surface area contributed by atoms with Gasteiger partial charge in [0.2, 0.25) is 35.4 Å². The van der Waals surface area contributed by atoms with E-state index in [1.807, 2.05) is 76.5 Å². The standard InChI is InChI=1S/C30H34N4O4.C28H32N4O4.C27H29F2N3O3.C27H30FN3O3/c1-20-5-12-26(28(35)31-20)34-18-25-24(30(34)37)3-2-4-27(25)38-19-22-8-6-21(7-9-22)17-32-13-15-33(16-14-32)29(36)23-10-11-23;1-19-6-11-25(27(34)29-19)32-17-24-23(28(32)35)4-3-5-26(24)36-18-22-9-7-21(8-10-22)16-30-12-14-31(15-13-30)20(2)33;1-18-5-10-23(25(33)30-18)32-16-22-21(26(32)34)3-2-4-24(22)35-17-20-8-6-19(7-9-20)15-31-13-11-27(28,29)12-14-31;1-18-5-10-24(26(32)29-18)31-16-23-22(27(31)33)3-2-4-25(23)34-17-20-8-6-19(7-9-20)15-30-13-11-21(28)12-14-30/h2-4,6-9,23,26H,1,5,10-19H2,(H,31,35);3-5,7-10,25H,1,6,11-18H2,2H3,(H,29,34);2-4,6-9,23H,1,5,10-17H2,(H,30,33);2-4,6-9,21,24H,1,5,10-17H2,(H,29,32). The first-order valence-electron chi connectivity index (χ1n) is 50.1. The maximum Gasteiger partial charge on any atom is 0.255 e. The van der Waals surface area contributed by atoms with Crippen LogP contribution in [0, 0.1) is 5.92 Å². The number of hydrogen-bond donors (Lipinski definition) is 4. The highest BCUT2D eigenvalue weighted by Gasteiger charge is 2.46. The molecular formula is C112H125F3N14O14. The molecule has 0 bridgehead atoms. The van der Waals surface area contributed by atoms with Gasteiger partial charge in [-0.25, -0.2) is 13.2 Å². The molecule has 4 unspecified atom stereocenters. The number of halogens is 3. The minimum atomic E-state index is -2.53. The van der Waals surface area contributed by atoms with Gasteiger partial charge in [0, 0.05) is 198 Å². The summed E-state index contributed by atoms with van der Waals surface area (Å²) in [7, 11) is 0. The number of carbonyl (C=O) groups is 10. The first-order chi connectivity index (χ1) is 69.1. The van der Waals surface area contributed by atoms with E-state index in [1.165, 1.54) is 16.7 Å². The summed E-state index contributed by atoms with van der Waals surface area (Å²) in [5.74, 6) is -0.314. The Morgan fingerprint density at radius 1 is 0.329 bits per heavy atom. The lowest BCUT2D eigenvalue weighted by molar-refractivity contribution is -0.134. The number of likely N-dealkylation sites (tertiary alicyclic amines) is 2. The molecule has 0 radical (unpaired) electrons. The van der Waals surface area contributed by atoms with Crippen molar-refractivity contribution < 1.29 is 80.1 Å². The average Bonchev–Trinajstić information content (AvgIpc) is 1.64. The van der Waals surface area contributed by atoms with Gasteiger partial charge < -0.3 is 69.6 Å². The van der Waals surface area contributed by atoms with Crippen molar-refractivity contribution in [3.63, 3.8) is 0 Å². The Bertz CT molecular complexity index is 6160. The third-order valence-electron chi connectivity index (χ3n) is 29.4. The molecule has 21 rings (SSSR count). The predicted octanol–water partition coefficient (Wildman–Crippen LogP) is 13.9. The quantitative estimate of drug-likeness (QED) is 0.0413. The highest BCUT2D eigenvalue weighted by molar-refractivity contribution is 6.05. The first kappa shape index (κ1) is 99.4. The smallest absolute Gasteiger partial charge is 0.255 e. The molecule has 12 aliphatic heterocycles. The molecule has 1 aliphatic carbocycles. The molecule has 8 aromatic rings. The summed E-state index contributed by atoms with van der Waals surface area (Å²) in [6.45, 7) is 32.3. The van der Waals surface area contributed by atoms with Gasteiger partial charge in [-0.1, -0.05) is 148 Å². The molecule has 0 aromatic heterocycles. The van der Waals surface area contributed by atoms with Gasteiger partial charge in [0.25, 0.3) is 29.6 Å². The van der Waals surface area contributed by atoms with Crippen LogP contribution in [0.15, 0.2) is 219 Å². The Hall–Kier alpha value is -13.8. The van der Waals surface area contributed by atoms with E-state index in [0.717, 1.165) is 148 Å². The van der Waals surface area contributed by atoms with Crippen LogP contribution >= 0.6 is 0 Å². The maximum atomic E-state index is 13.4. The van der Waals surface area contributed by atoms with Gasteiger partial charge in [-0.05, 0) is 170 Å². The van der Waals surface area contributed by atoms with Crippen LogP contribution in [0.4, 0.5) is 13.2 Å². The molecule has 8 saturated heterocycles. The largest absolute Gasteiger partial charge is 0.489 e. The van der Waals surface area contributed by atoms with Gasteiger partial charge in [0.05, 0.1) is 26.2 Å². The summed E-state index contributed by atoms with van der Waals surface area (Å²) in [4.78, 5) is 145. The third-order valence-corrected chi connectivity index (χ3v) is 29.4. The number of piperidine rings is 6. The minimum absolute atomic E-state index is 0.0824. The number of fused-ring (bicyclic) bond motifs is 4. The van der Waals surface area contributed by atoms with Gasteiger partial charge in [-0.15, -0.1) is 0 Å². The van der Waals surface area contributed by atoms with Crippen molar-refractivity contribution >= 4 is 59.1 Å². The molecule has 4 N–H and O–H groups in total. The van der Waals surface area contributed by atoms with E-state index in [0.29, 0.717) is 216 Å². The Kier molecular flexibility index (Phi) is 30.9. The molecule has 31 heteroatoms. The van der Waals surface area contributed by atoms with Crippen molar-refractivity contribution in [2.45, 2.75) is 212 Å². The Morgan fingerprint density at radius 2 is 0.580 bits per heavy atom. The molecule has 12 heterocycles. The highest BCUT2D eigenvalue weighted by atomic mass is 19.3. The maximum absolute atomic E-state index is 13.4. The van der Waals surface area contributed by atoms with Gasteiger partial charge >= 0.3 is 0 Å². The normalized spacial score (nSPS) is 21.5. The number of hydrogen-bond acceptors (Lipinski definition) is 18. The van der Waals surface area contributed by atoms with Crippen LogP contribution in [-0.4, -0.2) is 223 Å². The van der Waals surface area contributed by atoms with Crippen LogP contribution in [0.1, 0.15) is 205 Å². The monoisotopic (exact) mass is 1950 g/mol. The van der Waals surface area contributed by atoms with Crippen LogP contribution in [-0.2, 0) is 108 Å². The fourth-order valence-electron chi connectivity index (χ4n) is 20.8. The number of rotatable bonds is 25. The van der Waals surface area contributed by atoms with E-state index >= 15 is 0 Å². The van der Waals surface area contributed by atoms with E-state index in [9.17, 15) is 61.1 Å². The van der Waals surface area contributed by atoms with Crippen molar-refractivity contribution in [2.75, 3.05) is 78.5 Å². The van der Waals surface area contributed by atoms with E-state index in [4.69, 9.17) is 18.9 Å². The van der Waals surface area contributed by atoms with Crippen molar-refractivity contribution in [2.24, 2.45) is 5.92 Å². The van der Waals surface area contributed by atoms with Crippen molar-refractivity contribution in [3.8, 4) is 23.0 Å². The van der Waals surface area contributed by atoms with Gasteiger partial charge in [0.1, 0.15) is 79.8 Å². The molecule has 13 aliphatic rings. The minimum Gasteiger partial charge on any atom is -0.489 e. The van der Waals surface area contributed by atoms with Gasteiger partial charge in [-0.2, -0.15) is 0 Å². The fourth-order valence-corrected chi connectivity index (χ4v) is 20.8. The zero-order valence-corrected chi connectivity index (χ0v) is 81.1. The van der Waals surface area contributed by atoms with Crippen LogP contribution in [0.3, 0.4) is 0 Å². The van der Waals surface area contributed by atoms with E-state index in [2.05, 4.69) is 140 Å². The van der Waals surface area contributed by atoms with Crippen LogP contribution in [0.25, 0.3) is 0 Å². The second-order valence-corrected chi connectivity index (χ2v) is 39.6. The summed E-state index contributed by atoms with van der Waals surface area (Å²) in [6.07, 6.45) is 7.52. The van der Waals surface area contributed by atoms with Gasteiger partial charge in [-0.3, -0.25) is 67.5 Å². The molecule has 0 spiro atoms. The van der Waals surface area contributed by atoms with E-state index in [-0.39, 0.29) is 66.0 Å². The van der Waals surface area contributed by atoms with Crippen LogP contribution in [0.5, 0.6) is 23.0 Å². The number of nitrogens with one attached hydrogen (secondary N) is 4. The second-order valence-electron chi connectivity index (χ2n) is 39.6. The van der Waals surface area contributed by atoms with E-state index < -0.39 is 36.3 Å². The van der Waals surface area contributed by atoms with Crippen molar-refractivity contribution in [1.29, 1.82) is 0 Å². The number of allylic oxidation sites excluding steroid dienone is 4. The van der Waals surface area contributed by atoms with Crippen LogP contribution in [0.2, 0.25) is 0 Å². The lowest BCUT2D eigenvalue weighted by Crippen LogP contribution is -2.49. The SMILES string of the molecule is C=C1CCC(N2Cc3c(OCc4ccc(CN5CCC(F)(F)CC5)cc4)cccc3C2=O)C(=O)N1.C=C1CCC(N2Cc3c(OCc4ccc(CN5CCC(F)CC5)cc4)cccc3C2=O)C(=O)N1.C=C1CCC(N2Cc3c(OCc4ccc(CN5CCN(C(=O)C6CC6)CC5)cc4)cccc3C2=O)C(=O)N1.C=C1CCC(N2Cc3c(OCc4ccc(CN5CCN(C(C)=O)CC5)cc4)cccc3C2=O)C(=O)N1. The predicted molar refractivity (Wildman–Crippen MR) is 531 cm³/mol. The number of benzene rings is 8. The summed E-state index contributed by atoms with van der Waals surface area (Å²) in [5.41, 5.74) is 17.3. The molecular weight excluding hydrogens is 1820 g/mol. The molecule has 8 aromatic carbocycles. The zero-order valence-electron chi connectivity index (χ0n) is 81.1. The number of nitrogens with zero attached hydrogens (tertiary/aromatic N) is 10. The summed E-state index contributed by atoms with van der Waals surface area (Å²) >= 11 is 0. The summed E-state index contributed by atoms with van der Waals surface area (Å²) < 4.78 is 64.6. The highest BCUT2D eigenvalue weighted by Crippen LogP contribution is 2.42. The molecule has 143 heavy (non-hydrogen) atoms. The fraction of sp³-hybridized carbons (Fsp3) is 0.411. The molecule has 10 amide bonds. The molecule has 1 saturated carbocycles. The molecule has 9 fully saturated rings. The van der Waals surface area contributed by atoms with Gasteiger partial charge in [0.15, 0.2) is 0 Å². The number of amides is 10. The van der Waals surface area contributed by atoms with E-state index in [1.54, 1.807) is 56.9 Å². The lowest BCUT2D eigenvalue weighted by Gasteiger charge is -2.35. The Morgan fingerprint density at radius 3 is 0.839 bits per heavy atom. The topological polar surface area (TPSA) is 288 Å². The summed E-state index contributed by atoms with van der Waals surface area (Å²) in [6, 6.07) is 53.1. The third kappa shape index (κ3) is 24.1. The molecule has 748 valence electrons. The molecule has 4 atom stereocenters. The zero-order chi connectivity index (χ0) is 99.7. The Labute approximate surface area is 832 Å². The number of alkyl halides is 3. The Balaban J connectivity index is 0.000000126. The molecule has 28 nitrogen and oxygen atoms in total. The summed E-state index contributed by atoms with van der Waals surface area (Å²) in [5, 5.41) is 11.1. The lowest BCUT2D eigenvalue weighted by atomic mass is 10.0. The number of carbonyl (C=O) groups excluding carboxylic acids is 10.